The van der Waals surface area contributed by atoms with Crippen molar-refractivity contribution in [2.45, 2.75) is 59.5 Å². The van der Waals surface area contributed by atoms with Gasteiger partial charge < -0.3 is 13.9 Å². The largest absolute Gasteiger partial charge is 0.472 e. The van der Waals surface area contributed by atoms with E-state index in [1.54, 1.807) is 18.6 Å². The van der Waals surface area contributed by atoms with Crippen molar-refractivity contribution in [1.29, 1.82) is 0 Å². The number of fused-ring (bicyclic) bond motifs is 6. The minimum Gasteiger partial charge on any atom is -0.472 e. The molecule has 182 valence electrons. The highest BCUT2D eigenvalue weighted by atomic mass is 16.5. The Balaban J connectivity index is 1.62. The molecule has 5 rings (SSSR count). The van der Waals surface area contributed by atoms with Crippen molar-refractivity contribution < 1.29 is 33.1 Å². The summed E-state index contributed by atoms with van der Waals surface area (Å²) in [5, 5.41) is 0. The smallest absolute Gasteiger partial charge is 0.331 e. The summed E-state index contributed by atoms with van der Waals surface area (Å²) in [5.41, 5.74) is -0.390. The molecule has 7 atom stereocenters. The Labute approximate surface area is 199 Å². The van der Waals surface area contributed by atoms with Gasteiger partial charge in [0.1, 0.15) is 17.7 Å². The van der Waals surface area contributed by atoms with Crippen molar-refractivity contribution in [3.05, 3.63) is 35.8 Å². The third-order valence-corrected chi connectivity index (χ3v) is 9.70. The van der Waals surface area contributed by atoms with E-state index < -0.39 is 46.1 Å². The first-order valence-corrected chi connectivity index (χ1v) is 12.1. The van der Waals surface area contributed by atoms with Gasteiger partial charge in [0.25, 0.3) is 0 Å². The van der Waals surface area contributed by atoms with Crippen LogP contribution in [0.1, 0.15) is 65.0 Å². The van der Waals surface area contributed by atoms with Crippen molar-refractivity contribution in [1.82, 2.24) is 0 Å². The lowest BCUT2D eigenvalue weighted by molar-refractivity contribution is -0.182. The predicted octanol–water partition coefficient (Wildman–Crippen LogP) is 4.22. The number of carbonyl (C=O) groups excluding carboxylic acids is 4. The summed E-state index contributed by atoms with van der Waals surface area (Å²) in [5.74, 6) is -2.39. The fourth-order valence-corrected chi connectivity index (χ4v) is 7.93. The zero-order chi connectivity index (χ0) is 24.6. The molecule has 3 saturated carbocycles. The maximum absolute atomic E-state index is 13.8. The summed E-state index contributed by atoms with van der Waals surface area (Å²) in [4.78, 5) is 52.6. The first-order valence-electron chi connectivity index (χ1n) is 12.1. The fraction of sp³-hybridized carbons (Fsp3) is 0.630. The number of methoxy groups -OCH3 is 1. The molecule has 34 heavy (non-hydrogen) atoms. The molecule has 0 N–H and O–H groups in total. The monoisotopic (exact) mass is 468 g/mol. The van der Waals surface area contributed by atoms with Gasteiger partial charge in [0, 0.05) is 27.9 Å². The molecule has 0 aromatic carbocycles. The number of esters is 2. The highest BCUT2D eigenvalue weighted by Crippen LogP contribution is 2.68. The van der Waals surface area contributed by atoms with Gasteiger partial charge in [-0.1, -0.05) is 27.7 Å². The second-order valence-electron chi connectivity index (χ2n) is 11.5. The van der Waals surface area contributed by atoms with E-state index in [4.69, 9.17) is 13.9 Å². The molecule has 0 radical (unpaired) electrons. The highest BCUT2D eigenvalue weighted by Gasteiger charge is 2.69. The molecular weight excluding hydrogens is 436 g/mol. The number of ether oxygens (including phenoxy) is 2. The molecule has 2 heterocycles. The van der Waals surface area contributed by atoms with Crippen LogP contribution < -0.4 is 0 Å². The normalized spacial score (nSPS) is 40.6. The van der Waals surface area contributed by atoms with E-state index >= 15 is 0 Å². The molecule has 3 unspecified atom stereocenters. The molecule has 2 bridgehead atoms. The number of carbonyl (C=O) groups is 4. The summed E-state index contributed by atoms with van der Waals surface area (Å²) in [6.07, 6.45) is 6.16. The van der Waals surface area contributed by atoms with Gasteiger partial charge in [-0.2, -0.15) is 0 Å². The van der Waals surface area contributed by atoms with Gasteiger partial charge in [-0.3, -0.25) is 14.4 Å². The molecule has 1 aromatic rings. The van der Waals surface area contributed by atoms with E-state index in [0.29, 0.717) is 6.42 Å². The van der Waals surface area contributed by atoms with Gasteiger partial charge in [0.05, 0.1) is 32.0 Å². The van der Waals surface area contributed by atoms with Crippen molar-refractivity contribution in [3.8, 4) is 0 Å². The van der Waals surface area contributed by atoms with Crippen LogP contribution in [0.2, 0.25) is 0 Å². The van der Waals surface area contributed by atoms with E-state index in [1.165, 1.54) is 7.11 Å². The third kappa shape index (κ3) is 2.88. The van der Waals surface area contributed by atoms with Crippen LogP contribution in [0.15, 0.2) is 34.7 Å². The number of ketones is 2. The molecule has 0 spiro atoms. The molecule has 4 aliphatic rings. The molecule has 3 aliphatic carbocycles. The second kappa shape index (κ2) is 7.40. The summed E-state index contributed by atoms with van der Waals surface area (Å²) >= 11 is 0. The van der Waals surface area contributed by atoms with Crippen LogP contribution >= 0.6 is 0 Å². The average molecular weight is 469 g/mol. The first kappa shape index (κ1) is 23.1. The summed E-state index contributed by atoms with van der Waals surface area (Å²) in [7, 11) is 1.33. The van der Waals surface area contributed by atoms with Crippen molar-refractivity contribution in [2.75, 3.05) is 7.11 Å². The summed E-state index contributed by atoms with van der Waals surface area (Å²) in [6.45, 7) is 7.77. The minimum absolute atomic E-state index is 0.0173. The first-order chi connectivity index (χ1) is 16.0. The maximum atomic E-state index is 13.8. The quantitative estimate of drug-likeness (QED) is 0.484. The molecule has 0 amide bonds. The number of hydrogen-bond donors (Lipinski definition) is 0. The van der Waals surface area contributed by atoms with Gasteiger partial charge in [-0.15, -0.1) is 0 Å². The topological polar surface area (TPSA) is 99.9 Å². The van der Waals surface area contributed by atoms with E-state index in [9.17, 15) is 19.2 Å². The lowest BCUT2D eigenvalue weighted by atomic mass is 9.39. The van der Waals surface area contributed by atoms with Crippen LogP contribution in [0.3, 0.4) is 0 Å². The Kier molecular flexibility index (Phi) is 5.02. The number of furan rings is 1. The van der Waals surface area contributed by atoms with Gasteiger partial charge in [0.15, 0.2) is 0 Å². The molecule has 7 heteroatoms. The minimum atomic E-state index is -0.867. The van der Waals surface area contributed by atoms with Crippen LogP contribution in [0.5, 0.6) is 0 Å². The predicted molar refractivity (Wildman–Crippen MR) is 120 cm³/mol. The van der Waals surface area contributed by atoms with Gasteiger partial charge in [-0.25, -0.2) is 4.79 Å². The second-order valence-corrected chi connectivity index (χ2v) is 11.5. The molecule has 7 nitrogen and oxygen atoms in total. The Hall–Kier alpha value is -2.70. The highest BCUT2D eigenvalue weighted by molar-refractivity contribution is 6.11. The molecule has 3 fully saturated rings. The van der Waals surface area contributed by atoms with Crippen LogP contribution in [0, 0.1) is 39.9 Å². The summed E-state index contributed by atoms with van der Waals surface area (Å²) < 4.78 is 16.0. The lowest BCUT2D eigenvalue weighted by Crippen LogP contribution is -2.66. The van der Waals surface area contributed by atoms with Gasteiger partial charge >= 0.3 is 11.9 Å². The maximum Gasteiger partial charge on any atom is 0.331 e. The van der Waals surface area contributed by atoms with Crippen LogP contribution in [-0.2, 0) is 28.7 Å². The van der Waals surface area contributed by atoms with Crippen LogP contribution in [0.25, 0.3) is 0 Å². The SMILES string of the molecule is COC(=O)C[C@H]1C(C)(C)C(=O)[C@H]2CC3C4=CC(=O)O[C@@H](c5ccoc5)[C@]4(C)CCC3C1(C)C2=O. The molecule has 0 saturated heterocycles. The number of cyclic esters (lactones) is 1. The molecular formula is C27H32O7. The Morgan fingerprint density at radius 2 is 1.88 bits per heavy atom. The van der Waals surface area contributed by atoms with E-state index in [2.05, 4.69) is 6.92 Å². The van der Waals surface area contributed by atoms with Crippen molar-refractivity contribution in [2.24, 2.45) is 39.9 Å². The lowest BCUT2D eigenvalue weighted by Gasteiger charge is -2.63. The van der Waals surface area contributed by atoms with Gasteiger partial charge in [-0.05, 0) is 48.7 Å². The van der Waals surface area contributed by atoms with E-state index in [1.807, 2.05) is 26.8 Å². The molecule has 1 aliphatic heterocycles. The number of hydrogen-bond acceptors (Lipinski definition) is 7. The zero-order valence-electron chi connectivity index (χ0n) is 20.4. The Morgan fingerprint density at radius 3 is 2.53 bits per heavy atom. The Morgan fingerprint density at radius 1 is 1.15 bits per heavy atom. The zero-order valence-corrected chi connectivity index (χ0v) is 20.4. The van der Waals surface area contributed by atoms with E-state index in [0.717, 1.165) is 24.0 Å². The van der Waals surface area contributed by atoms with Crippen molar-refractivity contribution in [3.63, 3.8) is 0 Å². The Bertz CT molecular complexity index is 1100. The number of Topliss-reactive ketones (excluding diaryl/α,β-unsaturated/α-hetero) is 2. The average Bonchev–Trinajstić information content (AvgIpc) is 3.32. The van der Waals surface area contributed by atoms with Crippen LogP contribution in [-0.4, -0.2) is 30.6 Å². The third-order valence-electron chi connectivity index (χ3n) is 9.70. The molecule has 1 aromatic heterocycles. The summed E-state index contributed by atoms with van der Waals surface area (Å²) in [6, 6.07) is 1.82. The van der Waals surface area contributed by atoms with E-state index in [-0.39, 0.29) is 29.8 Å². The van der Waals surface area contributed by atoms with Crippen molar-refractivity contribution >= 4 is 23.5 Å². The van der Waals surface area contributed by atoms with Gasteiger partial charge in [0.2, 0.25) is 0 Å². The number of rotatable bonds is 3. The standard InChI is InChI=1S/C27H32O7/c1-25(2)19(12-20(28)32-5)27(4)17-6-8-26(3)18(15(17)10-16(22(25)30)23(27)31)11-21(29)34-24(26)14-7-9-33-13-14/h7,9,11,13,15-17,19,24H,6,8,10,12H2,1-5H3/t15?,16-,17?,19+,24+,26-,27?/m1/s1. The van der Waals surface area contributed by atoms with Crippen LogP contribution in [0.4, 0.5) is 0 Å². The fourth-order valence-electron chi connectivity index (χ4n) is 7.93.